The van der Waals surface area contributed by atoms with E-state index in [1.54, 1.807) is 6.08 Å². The molecule has 1 aliphatic rings. The first-order valence-corrected chi connectivity index (χ1v) is 9.50. The second-order valence-electron chi connectivity index (χ2n) is 6.91. The first-order chi connectivity index (χ1) is 11.5. The zero-order chi connectivity index (χ0) is 17.8. The Morgan fingerprint density at radius 1 is 0.958 bits per heavy atom. The van der Waals surface area contributed by atoms with Gasteiger partial charge in [-0.1, -0.05) is 45.1 Å². The largest absolute Gasteiger partial charge is 0.481 e. The SMILES string of the molecule is CCCCCC(=O)CCC1C=CC(=O)C1CCCCCCC(=O)O. The Kier molecular flexibility index (Phi) is 10.3. The molecular formula is C20H32O4. The average Bonchev–Trinajstić information content (AvgIpc) is 2.89. The summed E-state index contributed by atoms with van der Waals surface area (Å²) in [4.78, 5) is 34.3. The van der Waals surface area contributed by atoms with Crippen molar-refractivity contribution in [3.63, 3.8) is 0 Å². The number of carbonyl (C=O) groups excluding carboxylic acids is 2. The number of rotatable bonds is 14. The van der Waals surface area contributed by atoms with Crippen molar-refractivity contribution in [3.05, 3.63) is 12.2 Å². The van der Waals surface area contributed by atoms with Crippen LogP contribution in [0.2, 0.25) is 0 Å². The molecule has 0 aromatic rings. The highest BCUT2D eigenvalue weighted by molar-refractivity contribution is 5.94. The molecule has 4 heteroatoms. The molecule has 0 aromatic heterocycles. The lowest BCUT2D eigenvalue weighted by molar-refractivity contribution is -0.137. The highest BCUT2D eigenvalue weighted by atomic mass is 16.4. The molecule has 0 bridgehead atoms. The summed E-state index contributed by atoms with van der Waals surface area (Å²) in [6.45, 7) is 2.13. The van der Waals surface area contributed by atoms with E-state index in [0.29, 0.717) is 25.0 Å². The lowest BCUT2D eigenvalue weighted by Gasteiger charge is -2.17. The second kappa shape index (κ2) is 12.0. The van der Waals surface area contributed by atoms with Gasteiger partial charge in [-0.25, -0.2) is 0 Å². The van der Waals surface area contributed by atoms with Gasteiger partial charge in [0, 0.05) is 25.2 Å². The first-order valence-electron chi connectivity index (χ1n) is 9.50. The number of carbonyl (C=O) groups is 3. The molecule has 0 aliphatic heterocycles. The van der Waals surface area contributed by atoms with Crippen molar-refractivity contribution in [2.45, 2.75) is 84.0 Å². The number of aliphatic carboxylic acids is 1. The normalized spacial score (nSPS) is 19.8. The molecule has 0 amide bonds. The fourth-order valence-corrected chi connectivity index (χ4v) is 3.36. The Labute approximate surface area is 145 Å². The van der Waals surface area contributed by atoms with Gasteiger partial charge in [0.05, 0.1) is 0 Å². The molecule has 0 radical (unpaired) electrons. The average molecular weight is 336 g/mol. The molecule has 2 atom stereocenters. The standard InChI is InChI=1S/C20H32O4/c1-2-3-6-9-17(21)14-12-16-13-15-19(22)18(16)10-7-4-5-8-11-20(23)24/h13,15-16,18H,2-12,14H2,1H3,(H,23,24). The monoisotopic (exact) mass is 336 g/mol. The van der Waals surface area contributed by atoms with Gasteiger partial charge in [0.25, 0.3) is 0 Å². The van der Waals surface area contributed by atoms with Crippen molar-refractivity contribution in [3.8, 4) is 0 Å². The fourth-order valence-electron chi connectivity index (χ4n) is 3.36. The molecule has 1 rings (SSSR count). The van der Waals surface area contributed by atoms with Gasteiger partial charge in [-0.3, -0.25) is 14.4 Å². The Balaban J connectivity index is 2.21. The van der Waals surface area contributed by atoms with E-state index in [-0.39, 0.29) is 24.0 Å². The van der Waals surface area contributed by atoms with Gasteiger partial charge in [0.1, 0.15) is 5.78 Å². The molecule has 0 saturated carbocycles. The van der Waals surface area contributed by atoms with Gasteiger partial charge in [-0.05, 0) is 37.7 Å². The van der Waals surface area contributed by atoms with Crippen molar-refractivity contribution in [1.82, 2.24) is 0 Å². The van der Waals surface area contributed by atoms with Gasteiger partial charge in [-0.2, -0.15) is 0 Å². The first kappa shape index (κ1) is 20.6. The van der Waals surface area contributed by atoms with E-state index in [4.69, 9.17) is 5.11 Å². The van der Waals surface area contributed by atoms with Crippen molar-refractivity contribution in [2.24, 2.45) is 11.8 Å². The Morgan fingerprint density at radius 2 is 1.67 bits per heavy atom. The molecule has 2 unspecified atom stereocenters. The topological polar surface area (TPSA) is 71.4 Å². The number of carboxylic acids is 1. The lowest BCUT2D eigenvalue weighted by atomic mass is 9.85. The summed E-state index contributed by atoms with van der Waals surface area (Å²) in [7, 11) is 0. The minimum absolute atomic E-state index is 0.0351. The zero-order valence-electron chi connectivity index (χ0n) is 15.0. The maximum Gasteiger partial charge on any atom is 0.303 e. The molecule has 0 spiro atoms. The zero-order valence-corrected chi connectivity index (χ0v) is 15.0. The second-order valence-corrected chi connectivity index (χ2v) is 6.91. The van der Waals surface area contributed by atoms with Crippen LogP contribution in [0.25, 0.3) is 0 Å². The van der Waals surface area contributed by atoms with Crippen LogP contribution in [-0.4, -0.2) is 22.6 Å². The highest BCUT2D eigenvalue weighted by Gasteiger charge is 2.29. The van der Waals surface area contributed by atoms with E-state index in [9.17, 15) is 14.4 Å². The predicted octanol–water partition coefficient (Wildman–Crippen LogP) is 4.71. The van der Waals surface area contributed by atoms with Crippen molar-refractivity contribution in [1.29, 1.82) is 0 Å². The Bertz CT molecular complexity index is 439. The van der Waals surface area contributed by atoms with Crippen LogP contribution in [0.5, 0.6) is 0 Å². The van der Waals surface area contributed by atoms with Crippen LogP contribution in [0.4, 0.5) is 0 Å². The quantitative estimate of drug-likeness (QED) is 0.466. The van der Waals surface area contributed by atoms with E-state index >= 15 is 0 Å². The van der Waals surface area contributed by atoms with E-state index in [0.717, 1.165) is 51.4 Å². The molecule has 0 aromatic carbocycles. The summed E-state index contributed by atoms with van der Waals surface area (Å²) >= 11 is 0. The molecule has 0 heterocycles. The van der Waals surface area contributed by atoms with Crippen LogP contribution < -0.4 is 0 Å². The van der Waals surface area contributed by atoms with E-state index in [2.05, 4.69) is 6.92 Å². The third-order valence-corrected chi connectivity index (χ3v) is 4.86. The molecule has 136 valence electrons. The third kappa shape index (κ3) is 8.42. The van der Waals surface area contributed by atoms with Gasteiger partial charge in [0.15, 0.2) is 5.78 Å². The van der Waals surface area contributed by atoms with Crippen LogP contribution >= 0.6 is 0 Å². The Hall–Kier alpha value is -1.45. The maximum atomic E-state index is 12.0. The molecule has 0 fully saturated rings. The lowest BCUT2D eigenvalue weighted by Crippen LogP contribution is -2.17. The number of hydrogen-bond donors (Lipinski definition) is 1. The van der Waals surface area contributed by atoms with E-state index < -0.39 is 5.97 Å². The molecular weight excluding hydrogens is 304 g/mol. The highest BCUT2D eigenvalue weighted by Crippen LogP contribution is 2.31. The fraction of sp³-hybridized carbons (Fsp3) is 0.750. The third-order valence-electron chi connectivity index (χ3n) is 4.86. The Morgan fingerprint density at radius 3 is 2.38 bits per heavy atom. The number of allylic oxidation sites excluding steroid dienone is 2. The number of carboxylic acid groups (broad SMARTS) is 1. The maximum absolute atomic E-state index is 12.0. The summed E-state index contributed by atoms with van der Waals surface area (Å²) in [5.41, 5.74) is 0. The molecule has 1 N–H and O–H groups in total. The minimum atomic E-state index is -0.742. The van der Waals surface area contributed by atoms with Crippen LogP contribution in [0, 0.1) is 11.8 Å². The summed E-state index contributed by atoms with van der Waals surface area (Å²) in [6.07, 6.45) is 13.6. The molecule has 0 saturated heterocycles. The number of Topliss-reactive ketones (excluding diaryl/α,β-unsaturated/α-hetero) is 1. The van der Waals surface area contributed by atoms with Gasteiger partial charge in [-0.15, -0.1) is 0 Å². The van der Waals surface area contributed by atoms with E-state index in [1.807, 2.05) is 6.08 Å². The van der Waals surface area contributed by atoms with Crippen molar-refractivity contribution >= 4 is 17.5 Å². The number of ketones is 2. The van der Waals surface area contributed by atoms with Crippen LogP contribution in [-0.2, 0) is 14.4 Å². The van der Waals surface area contributed by atoms with Crippen LogP contribution in [0.15, 0.2) is 12.2 Å². The van der Waals surface area contributed by atoms with Crippen LogP contribution in [0.3, 0.4) is 0 Å². The number of hydrogen-bond acceptors (Lipinski definition) is 3. The number of unbranched alkanes of at least 4 members (excludes halogenated alkanes) is 5. The van der Waals surface area contributed by atoms with E-state index in [1.165, 1.54) is 0 Å². The summed E-state index contributed by atoms with van der Waals surface area (Å²) in [5, 5.41) is 8.60. The van der Waals surface area contributed by atoms with Crippen molar-refractivity contribution < 1.29 is 19.5 Å². The molecule has 4 nitrogen and oxygen atoms in total. The smallest absolute Gasteiger partial charge is 0.303 e. The van der Waals surface area contributed by atoms with Gasteiger partial charge < -0.3 is 5.11 Å². The summed E-state index contributed by atoms with van der Waals surface area (Å²) < 4.78 is 0. The van der Waals surface area contributed by atoms with Gasteiger partial charge in [0.2, 0.25) is 0 Å². The molecule has 24 heavy (non-hydrogen) atoms. The summed E-state index contributed by atoms with van der Waals surface area (Å²) in [5.74, 6) is 0.0287. The van der Waals surface area contributed by atoms with Crippen LogP contribution in [0.1, 0.15) is 84.0 Å². The van der Waals surface area contributed by atoms with Crippen molar-refractivity contribution in [2.75, 3.05) is 0 Å². The minimum Gasteiger partial charge on any atom is -0.481 e. The molecule has 1 aliphatic carbocycles. The van der Waals surface area contributed by atoms with Gasteiger partial charge >= 0.3 is 5.97 Å². The predicted molar refractivity (Wildman–Crippen MR) is 94.8 cm³/mol. The summed E-state index contributed by atoms with van der Waals surface area (Å²) in [6, 6.07) is 0.